The van der Waals surface area contributed by atoms with Gasteiger partial charge in [0.2, 0.25) is 0 Å². The number of nitrogens with zero attached hydrogens (tertiary/aromatic N) is 3. The molecular formula is C17H20F2N4O3S. The summed E-state index contributed by atoms with van der Waals surface area (Å²) in [6.07, 6.45) is 2.49. The minimum absolute atomic E-state index is 0.00578. The molecule has 1 saturated heterocycles. The van der Waals surface area contributed by atoms with Gasteiger partial charge in [0.1, 0.15) is 17.7 Å². The highest BCUT2D eigenvalue weighted by atomic mass is 32.2. The average Bonchev–Trinajstić information content (AvgIpc) is 3.16. The van der Waals surface area contributed by atoms with Crippen LogP contribution in [0, 0.1) is 11.6 Å². The zero-order valence-electron chi connectivity index (χ0n) is 14.7. The van der Waals surface area contributed by atoms with Gasteiger partial charge in [-0.2, -0.15) is 9.19 Å². The van der Waals surface area contributed by atoms with Gasteiger partial charge in [-0.05, 0) is 24.6 Å². The van der Waals surface area contributed by atoms with Gasteiger partial charge in [-0.15, -0.1) is 0 Å². The Morgan fingerprint density at radius 2 is 2.07 bits per heavy atom. The van der Waals surface area contributed by atoms with E-state index in [4.69, 9.17) is 10.5 Å². The van der Waals surface area contributed by atoms with Crippen molar-refractivity contribution in [2.75, 3.05) is 12.9 Å². The molecule has 2 N–H and O–H groups in total. The van der Waals surface area contributed by atoms with E-state index in [0.717, 1.165) is 34.1 Å². The third-order valence-corrected chi connectivity index (χ3v) is 5.97. The normalized spacial score (nSPS) is 26.3. The topological polar surface area (TPSA) is 90.5 Å². The lowest BCUT2D eigenvalue weighted by Crippen LogP contribution is -2.47. The van der Waals surface area contributed by atoms with Crippen LogP contribution in [0.3, 0.4) is 0 Å². The smallest absolute Gasteiger partial charge is 0.250 e. The summed E-state index contributed by atoms with van der Waals surface area (Å²) in [5, 5.41) is 4.13. The molecule has 1 unspecified atom stereocenters. The van der Waals surface area contributed by atoms with Gasteiger partial charge in [0.15, 0.2) is 0 Å². The van der Waals surface area contributed by atoms with E-state index >= 15 is 0 Å². The molecule has 146 valence electrons. The fourth-order valence-corrected chi connectivity index (χ4v) is 4.30. The van der Waals surface area contributed by atoms with Crippen LogP contribution >= 0.6 is 0 Å². The van der Waals surface area contributed by atoms with Gasteiger partial charge in [-0.25, -0.2) is 17.2 Å². The van der Waals surface area contributed by atoms with Crippen LogP contribution in [0.4, 0.5) is 8.78 Å². The molecule has 4 rings (SSSR count). The van der Waals surface area contributed by atoms with Crippen LogP contribution in [0.25, 0.3) is 0 Å². The number of hydrogen-bond acceptors (Lipinski definition) is 6. The first kappa shape index (κ1) is 18.5. The van der Waals surface area contributed by atoms with Crippen molar-refractivity contribution in [3.8, 4) is 0 Å². The molecule has 10 heteroatoms. The van der Waals surface area contributed by atoms with E-state index in [9.17, 15) is 17.2 Å². The number of halogens is 2. The molecule has 0 spiro atoms. The lowest BCUT2D eigenvalue weighted by atomic mass is 9.93. The van der Waals surface area contributed by atoms with Crippen LogP contribution in [-0.4, -0.2) is 47.4 Å². The first-order chi connectivity index (χ1) is 12.7. The van der Waals surface area contributed by atoms with Crippen molar-refractivity contribution in [3.05, 3.63) is 52.9 Å². The Kier molecular flexibility index (Phi) is 4.53. The number of rotatable bonds is 3. The van der Waals surface area contributed by atoms with Crippen molar-refractivity contribution in [2.45, 2.75) is 37.7 Å². The molecule has 1 fully saturated rings. The molecular weight excluding hydrogens is 378 g/mol. The maximum atomic E-state index is 14.0. The van der Waals surface area contributed by atoms with Crippen LogP contribution in [-0.2, 0) is 27.8 Å². The predicted octanol–water partition coefficient (Wildman–Crippen LogP) is 1.14. The largest absolute Gasteiger partial charge is 0.370 e. The SMILES string of the molecule is CS(=O)(=O)n1cc2c(n1)CN(C1CO[C@H](c3cc(F)ccc3F)[C@@H](N)C1)C2. The maximum absolute atomic E-state index is 14.0. The molecule has 2 aliphatic heterocycles. The predicted molar refractivity (Wildman–Crippen MR) is 93.1 cm³/mol. The maximum Gasteiger partial charge on any atom is 0.250 e. The molecule has 0 bridgehead atoms. The number of aromatic nitrogens is 2. The van der Waals surface area contributed by atoms with Crippen molar-refractivity contribution in [3.63, 3.8) is 0 Å². The highest BCUT2D eigenvalue weighted by Gasteiger charge is 2.37. The lowest BCUT2D eigenvalue weighted by Gasteiger charge is -2.38. The first-order valence-corrected chi connectivity index (χ1v) is 10.4. The first-order valence-electron chi connectivity index (χ1n) is 8.56. The highest BCUT2D eigenvalue weighted by Crippen LogP contribution is 2.34. The Labute approximate surface area is 155 Å². The van der Waals surface area contributed by atoms with E-state index in [1.807, 2.05) is 0 Å². The molecule has 0 saturated carbocycles. The Hall–Kier alpha value is -1.88. The van der Waals surface area contributed by atoms with Crippen LogP contribution in [0.15, 0.2) is 24.4 Å². The molecule has 1 aromatic heterocycles. The summed E-state index contributed by atoms with van der Waals surface area (Å²) in [6.45, 7) is 1.37. The van der Waals surface area contributed by atoms with Gasteiger partial charge >= 0.3 is 0 Å². The van der Waals surface area contributed by atoms with Crippen molar-refractivity contribution in [2.24, 2.45) is 5.73 Å². The Morgan fingerprint density at radius 3 is 2.74 bits per heavy atom. The van der Waals surface area contributed by atoms with E-state index in [0.29, 0.717) is 31.8 Å². The van der Waals surface area contributed by atoms with Crippen molar-refractivity contribution >= 4 is 10.0 Å². The van der Waals surface area contributed by atoms with Gasteiger partial charge in [-0.1, -0.05) is 0 Å². The summed E-state index contributed by atoms with van der Waals surface area (Å²) in [4.78, 5) is 2.11. The van der Waals surface area contributed by atoms with E-state index in [-0.39, 0.29) is 11.6 Å². The van der Waals surface area contributed by atoms with Crippen LogP contribution in [0.1, 0.15) is 29.3 Å². The number of nitrogens with two attached hydrogens (primary N) is 1. The fraction of sp³-hybridized carbons (Fsp3) is 0.471. The summed E-state index contributed by atoms with van der Waals surface area (Å²) in [5.41, 5.74) is 7.91. The third-order valence-electron chi connectivity index (χ3n) is 5.10. The molecule has 0 radical (unpaired) electrons. The Balaban J connectivity index is 1.44. The molecule has 0 amide bonds. The van der Waals surface area contributed by atoms with Crippen molar-refractivity contribution in [1.29, 1.82) is 0 Å². The summed E-state index contributed by atoms with van der Waals surface area (Å²) >= 11 is 0. The molecule has 2 aliphatic rings. The van der Waals surface area contributed by atoms with Crippen LogP contribution in [0.5, 0.6) is 0 Å². The number of fused-ring (bicyclic) bond motifs is 1. The van der Waals surface area contributed by atoms with E-state index in [1.54, 1.807) is 0 Å². The fourth-order valence-electron chi connectivity index (χ4n) is 3.73. The summed E-state index contributed by atoms with van der Waals surface area (Å²) in [6, 6.07) is 2.78. The van der Waals surface area contributed by atoms with Crippen molar-refractivity contribution in [1.82, 2.24) is 14.1 Å². The molecule has 3 atom stereocenters. The highest BCUT2D eigenvalue weighted by molar-refractivity contribution is 7.89. The number of hydrogen-bond donors (Lipinski definition) is 1. The van der Waals surface area contributed by atoms with E-state index in [1.165, 1.54) is 6.20 Å². The Morgan fingerprint density at radius 1 is 1.30 bits per heavy atom. The molecule has 7 nitrogen and oxygen atoms in total. The number of ether oxygens (including phenoxy) is 1. The number of benzene rings is 1. The second-order valence-electron chi connectivity index (χ2n) is 7.11. The zero-order chi connectivity index (χ0) is 19.3. The summed E-state index contributed by atoms with van der Waals surface area (Å²) in [7, 11) is -3.40. The van der Waals surface area contributed by atoms with Crippen molar-refractivity contribution < 1.29 is 21.9 Å². The standard InChI is InChI=1S/C17H20F2N4O3S/c1-27(24,25)23-7-10-6-22(8-16(10)21-23)12-5-15(20)17(26-9-12)13-4-11(18)2-3-14(13)19/h2-4,7,12,15,17H,5-6,8-9,20H2,1H3/t12?,15-,17+/m0/s1. The van der Waals surface area contributed by atoms with Gasteiger partial charge < -0.3 is 10.5 Å². The van der Waals surface area contributed by atoms with E-state index in [2.05, 4.69) is 10.00 Å². The second kappa shape index (κ2) is 6.62. The lowest BCUT2D eigenvalue weighted by molar-refractivity contribution is -0.0533. The summed E-state index contributed by atoms with van der Waals surface area (Å²) in [5.74, 6) is -1.07. The van der Waals surface area contributed by atoms with E-state index < -0.39 is 33.8 Å². The van der Waals surface area contributed by atoms with Gasteiger partial charge in [0, 0.05) is 42.5 Å². The average molecular weight is 398 g/mol. The van der Waals surface area contributed by atoms with Gasteiger partial charge in [0.05, 0.1) is 18.6 Å². The third kappa shape index (κ3) is 3.49. The van der Waals surface area contributed by atoms with Gasteiger partial charge in [0.25, 0.3) is 10.0 Å². The second-order valence-corrected chi connectivity index (χ2v) is 8.95. The minimum Gasteiger partial charge on any atom is -0.370 e. The van der Waals surface area contributed by atoms with Crippen LogP contribution in [0.2, 0.25) is 0 Å². The zero-order valence-corrected chi connectivity index (χ0v) is 15.5. The molecule has 27 heavy (non-hydrogen) atoms. The molecule has 0 aliphatic carbocycles. The van der Waals surface area contributed by atoms with Crippen LogP contribution < -0.4 is 5.73 Å². The molecule has 2 aromatic rings. The van der Waals surface area contributed by atoms with Gasteiger partial charge in [-0.3, -0.25) is 4.90 Å². The minimum atomic E-state index is -3.40. The monoisotopic (exact) mass is 398 g/mol. The molecule has 3 heterocycles. The molecule has 1 aromatic carbocycles. The summed E-state index contributed by atoms with van der Waals surface area (Å²) < 4.78 is 57.4. The quantitative estimate of drug-likeness (QED) is 0.834. The Bertz CT molecular complexity index is 955.